The van der Waals surface area contributed by atoms with Crippen LogP contribution in [0.4, 0.5) is 0 Å². The van der Waals surface area contributed by atoms with E-state index in [4.69, 9.17) is 11.6 Å². The van der Waals surface area contributed by atoms with E-state index in [0.717, 1.165) is 56.6 Å². The largest absolute Gasteiger partial charge is 0.352 e. The molecule has 5 heteroatoms. The van der Waals surface area contributed by atoms with Gasteiger partial charge in [-0.3, -0.25) is 4.79 Å². The zero-order valence-corrected chi connectivity index (χ0v) is 14.3. The first-order valence-electron chi connectivity index (χ1n) is 7.94. The fraction of sp³-hybridized carbons (Fsp3) is 0.588. The lowest BCUT2D eigenvalue weighted by Crippen LogP contribution is -2.46. The van der Waals surface area contributed by atoms with Crippen LogP contribution in [0.2, 0.25) is 5.02 Å². The van der Waals surface area contributed by atoms with E-state index in [-0.39, 0.29) is 23.7 Å². The molecule has 22 heavy (non-hydrogen) atoms. The molecule has 2 N–H and O–H groups in total. The maximum Gasteiger partial charge on any atom is 0.226 e. The van der Waals surface area contributed by atoms with Crippen LogP contribution < -0.4 is 10.6 Å². The van der Waals surface area contributed by atoms with Gasteiger partial charge < -0.3 is 10.6 Å². The van der Waals surface area contributed by atoms with E-state index in [0.29, 0.717) is 6.04 Å². The lowest BCUT2D eigenvalue weighted by Gasteiger charge is -2.29. The minimum Gasteiger partial charge on any atom is -0.352 e. The Morgan fingerprint density at radius 1 is 1.36 bits per heavy atom. The van der Waals surface area contributed by atoms with Crippen LogP contribution in [0.5, 0.6) is 0 Å². The van der Waals surface area contributed by atoms with Gasteiger partial charge in [-0.05, 0) is 49.9 Å². The number of nitrogens with one attached hydrogen (secondary N) is 2. The van der Waals surface area contributed by atoms with Crippen LogP contribution >= 0.6 is 24.0 Å². The van der Waals surface area contributed by atoms with Crippen LogP contribution in [-0.4, -0.2) is 25.0 Å². The van der Waals surface area contributed by atoms with Gasteiger partial charge in [0.2, 0.25) is 5.91 Å². The van der Waals surface area contributed by atoms with Crippen LogP contribution in [0.3, 0.4) is 0 Å². The number of hydrogen-bond donors (Lipinski definition) is 2. The molecule has 0 spiro atoms. The summed E-state index contributed by atoms with van der Waals surface area (Å²) in [4.78, 5) is 12.8. The molecule has 1 heterocycles. The van der Waals surface area contributed by atoms with Gasteiger partial charge in [-0.1, -0.05) is 36.6 Å². The fourth-order valence-corrected chi connectivity index (χ4v) is 3.90. The molecule has 1 amide bonds. The molecule has 3 nitrogen and oxygen atoms in total. The molecule has 0 bridgehead atoms. The molecule has 122 valence electrons. The van der Waals surface area contributed by atoms with Crippen molar-refractivity contribution in [2.45, 2.75) is 44.6 Å². The molecule has 1 unspecified atom stereocenters. The highest BCUT2D eigenvalue weighted by Gasteiger charge is 2.41. The third kappa shape index (κ3) is 3.95. The van der Waals surface area contributed by atoms with Crippen molar-refractivity contribution in [2.75, 3.05) is 13.1 Å². The van der Waals surface area contributed by atoms with Gasteiger partial charge in [0.15, 0.2) is 0 Å². The third-order valence-corrected chi connectivity index (χ3v) is 5.10. The Bertz CT molecular complexity index is 509. The highest BCUT2D eigenvalue weighted by Crippen LogP contribution is 2.41. The number of halogens is 2. The molecule has 1 aromatic carbocycles. The second kappa shape index (κ2) is 7.67. The van der Waals surface area contributed by atoms with E-state index < -0.39 is 0 Å². The first kappa shape index (κ1) is 17.6. The first-order chi connectivity index (χ1) is 10.2. The van der Waals surface area contributed by atoms with Crippen LogP contribution in [0.1, 0.15) is 37.7 Å². The van der Waals surface area contributed by atoms with Crippen molar-refractivity contribution in [3.8, 4) is 0 Å². The Kier molecular flexibility index (Phi) is 6.13. The lowest BCUT2D eigenvalue weighted by molar-refractivity contribution is -0.131. The van der Waals surface area contributed by atoms with Gasteiger partial charge in [-0.25, -0.2) is 0 Å². The van der Waals surface area contributed by atoms with Gasteiger partial charge in [-0.15, -0.1) is 12.4 Å². The SMILES string of the molecule is Cl.O=C(NC1CCNC1)C1(Cc2cccc(Cl)c2)CCCC1. The van der Waals surface area contributed by atoms with E-state index in [9.17, 15) is 4.79 Å². The molecule has 1 saturated heterocycles. The minimum absolute atomic E-state index is 0. The molecule has 3 rings (SSSR count). The predicted octanol–water partition coefficient (Wildman–Crippen LogP) is 3.34. The van der Waals surface area contributed by atoms with E-state index in [2.05, 4.69) is 16.7 Å². The van der Waals surface area contributed by atoms with Crippen molar-refractivity contribution < 1.29 is 4.79 Å². The Hall–Kier alpha value is -0.770. The van der Waals surface area contributed by atoms with Gasteiger partial charge in [0.05, 0.1) is 5.41 Å². The van der Waals surface area contributed by atoms with Crippen LogP contribution in [0.25, 0.3) is 0 Å². The predicted molar refractivity (Wildman–Crippen MR) is 92.7 cm³/mol. The monoisotopic (exact) mass is 342 g/mol. The quantitative estimate of drug-likeness (QED) is 0.880. The van der Waals surface area contributed by atoms with Gasteiger partial charge in [0.25, 0.3) is 0 Å². The maximum absolute atomic E-state index is 12.8. The normalized spacial score (nSPS) is 23.0. The van der Waals surface area contributed by atoms with Gasteiger partial charge in [-0.2, -0.15) is 0 Å². The second-order valence-electron chi connectivity index (χ2n) is 6.46. The summed E-state index contributed by atoms with van der Waals surface area (Å²) < 4.78 is 0. The lowest BCUT2D eigenvalue weighted by atomic mass is 9.79. The van der Waals surface area contributed by atoms with Gasteiger partial charge in [0.1, 0.15) is 0 Å². The first-order valence-corrected chi connectivity index (χ1v) is 8.32. The summed E-state index contributed by atoms with van der Waals surface area (Å²) in [6.07, 6.45) is 6.13. The summed E-state index contributed by atoms with van der Waals surface area (Å²) in [6, 6.07) is 8.23. The van der Waals surface area contributed by atoms with Crippen molar-refractivity contribution in [1.82, 2.24) is 10.6 Å². The number of carbonyl (C=O) groups is 1. The fourth-order valence-electron chi connectivity index (χ4n) is 3.69. The summed E-state index contributed by atoms with van der Waals surface area (Å²) in [5, 5.41) is 7.32. The molecular formula is C17H24Cl2N2O. The molecule has 1 aromatic rings. The van der Waals surface area contributed by atoms with E-state index >= 15 is 0 Å². The summed E-state index contributed by atoms with van der Waals surface area (Å²) in [7, 11) is 0. The van der Waals surface area contributed by atoms with E-state index in [1.54, 1.807) is 0 Å². The van der Waals surface area contributed by atoms with Gasteiger partial charge in [0, 0.05) is 17.6 Å². The Morgan fingerprint density at radius 3 is 2.77 bits per heavy atom. The average molecular weight is 343 g/mol. The number of benzene rings is 1. The van der Waals surface area contributed by atoms with Crippen LogP contribution in [0.15, 0.2) is 24.3 Å². The third-order valence-electron chi connectivity index (χ3n) is 4.87. The Balaban J connectivity index is 0.00000176. The second-order valence-corrected chi connectivity index (χ2v) is 6.89. The molecule has 1 aliphatic carbocycles. The van der Waals surface area contributed by atoms with Crippen molar-refractivity contribution >= 4 is 29.9 Å². The van der Waals surface area contributed by atoms with Crippen molar-refractivity contribution in [2.24, 2.45) is 5.41 Å². The van der Waals surface area contributed by atoms with Crippen LogP contribution in [-0.2, 0) is 11.2 Å². The summed E-state index contributed by atoms with van der Waals surface area (Å²) in [5.74, 6) is 0.244. The van der Waals surface area contributed by atoms with E-state index in [1.807, 2.05) is 18.2 Å². The van der Waals surface area contributed by atoms with Gasteiger partial charge >= 0.3 is 0 Å². The Labute approximate surface area is 143 Å². The molecule has 1 atom stereocenters. The molecule has 1 aliphatic heterocycles. The van der Waals surface area contributed by atoms with Crippen LogP contribution in [0, 0.1) is 5.41 Å². The Morgan fingerprint density at radius 2 is 2.14 bits per heavy atom. The standard InChI is InChI=1S/C17H23ClN2O.ClH/c18-14-5-3-4-13(10-14)11-17(7-1-2-8-17)16(21)20-15-6-9-19-12-15;/h3-5,10,15,19H,1-2,6-9,11-12H2,(H,20,21);1H. The van der Waals surface area contributed by atoms with Crippen molar-refractivity contribution in [1.29, 1.82) is 0 Å². The number of carbonyl (C=O) groups excluding carboxylic acids is 1. The summed E-state index contributed by atoms with van der Waals surface area (Å²) in [6.45, 7) is 1.91. The van der Waals surface area contributed by atoms with Crippen molar-refractivity contribution in [3.05, 3.63) is 34.9 Å². The van der Waals surface area contributed by atoms with E-state index in [1.165, 1.54) is 5.56 Å². The topological polar surface area (TPSA) is 41.1 Å². The zero-order valence-electron chi connectivity index (χ0n) is 12.7. The highest BCUT2D eigenvalue weighted by molar-refractivity contribution is 6.30. The summed E-state index contributed by atoms with van der Waals surface area (Å²) >= 11 is 6.08. The minimum atomic E-state index is -0.229. The number of amides is 1. The molecule has 2 fully saturated rings. The molecular weight excluding hydrogens is 319 g/mol. The number of rotatable bonds is 4. The highest BCUT2D eigenvalue weighted by atomic mass is 35.5. The molecule has 2 aliphatic rings. The average Bonchev–Trinajstić information content (AvgIpc) is 3.11. The molecule has 1 saturated carbocycles. The summed E-state index contributed by atoms with van der Waals surface area (Å²) in [5.41, 5.74) is 0.942. The van der Waals surface area contributed by atoms with Crippen molar-refractivity contribution in [3.63, 3.8) is 0 Å². The maximum atomic E-state index is 12.8. The zero-order chi connectivity index (χ0) is 14.7. The number of hydrogen-bond acceptors (Lipinski definition) is 2. The molecule has 0 radical (unpaired) electrons. The smallest absolute Gasteiger partial charge is 0.226 e. The molecule has 0 aromatic heterocycles.